The third-order valence-electron chi connectivity index (χ3n) is 8.03. The normalized spacial score (nSPS) is 15.1. The molecule has 3 heterocycles. The third-order valence-corrected chi connectivity index (χ3v) is 8.28. The summed E-state index contributed by atoms with van der Waals surface area (Å²) in [5.74, 6) is -3.17. The molecule has 0 bridgehead atoms. The zero-order valence-electron chi connectivity index (χ0n) is 25.2. The third kappa shape index (κ3) is 5.39. The Kier molecular flexibility index (Phi) is 8.74. The van der Waals surface area contributed by atoms with E-state index < -0.39 is 35.1 Å². The van der Waals surface area contributed by atoms with Crippen molar-refractivity contribution in [2.45, 2.75) is 12.4 Å². The van der Waals surface area contributed by atoms with E-state index in [1.807, 2.05) is 4.90 Å². The number of rotatable bonds is 5. The molecule has 2 aliphatic carbocycles. The van der Waals surface area contributed by atoms with E-state index in [0.29, 0.717) is 32.8 Å². The van der Waals surface area contributed by atoms with E-state index in [0.717, 1.165) is 0 Å². The first-order valence-electron chi connectivity index (χ1n) is 14.4. The lowest BCUT2D eigenvalue weighted by Gasteiger charge is -2.25. The number of halogens is 1. The number of esters is 2. The van der Waals surface area contributed by atoms with E-state index in [1.165, 1.54) is 20.3 Å². The van der Waals surface area contributed by atoms with Crippen molar-refractivity contribution in [1.29, 1.82) is 0 Å². The fourth-order valence-corrected chi connectivity index (χ4v) is 5.97. The van der Waals surface area contributed by atoms with Crippen LogP contribution in [-0.2, 0) is 26.6 Å². The molecular weight excluding hydrogens is 634 g/mol. The predicted octanol–water partition coefficient (Wildman–Crippen LogP) is 4.25. The first kappa shape index (κ1) is 31.8. The highest BCUT2D eigenvalue weighted by Gasteiger charge is 2.41. The monoisotopic (exact) mass is 659 g/mol. The average molecular weight is 660 g/mol. The van der Waals surface area contributed by atoms with Crippen molar-refractivity contribution < 1.29 is 51.8 Å². The minimum atomic E-state index is -0.754. The van der Waals surface area contributed by atoms with Crippen LogP contribution in [-0.4, -0.2) is 80.5 Å². The highest BCUT2D eigenvalue weighted by molar-refractivity contribution is 6.31. The molecule has 7 rings (SSSR count). The fourth-order valence-electron chi connectivity index (χ4n) is 5.79. The lowest BCUT2D eigenvalue weighted by molar-refractivity contribution is 0.0307. The maximum atomic E-state index is 12.9. The molecule has 0 amide bonds. The Morgan fingerprint density at radius 1 is 0.681 bits per heavy atom. The summed E-state index contributed by atoms with van der Waals surface area (Å²) in [5.41, 5.74) is 0.951. The number of hydrogen-bond donors (Lipinski definition) is 0. The van der Waals surface area contributed by atoms with E-state index in [1.54, 1.807) is 42.5 Å². The van der Waals surface area contributed by atoms with E-state index in [2.05, 4.69) is 4.74 Å². The number of ketones is 4. The van der Waals surface area contributed by atoms with Crippen LogP contribution in [0.2, 0.25) is 0 Å². The van der Waals surface area contributed by atoms with Gasteiger partial charge >= 0.3 is 11.9 Å². The molecular formula is C34H26ClNO11. The van der Waals surface area contributed by atoms with Crippen LogP contribution in [0.5, 0.6) is 0 Å². The summed E-state index contributed by atoms with van der Waals surface area (Å²) in [6, 6.07) is 12.9. The molecule has 4 aromatic rings. The molecule has 2 aromatic heterocycles. The summed E-state index contributed by atoms with van der Waals surface area (Å²) in [4.78, 5) is 77.0. The van der Waals surface area contributed by atoms with Gasteiger partial charge in [0.1, 0.15) is 22.6 Å². The molecule has 47 heavy (non-hydrogen) atoms. The maximum absolute atomic E-state index is 12.9. The van der Waals surface area contributed by atoms with Gasteiger partial charge in [0.25, 0.3) is 0 Å². The van der Waals surface area contributed by atoms with Gasteiger partial charge in [-0.05, 0) is 0 Å². The van der Waals surface area contributed by atoms with Crippen molar-refractivity contribution in [3.05, 3.63) is 116 Å². The Balaban J connectivity index is 0.000000168. The summed E-state index contributed by atoms with van der Waals surface area (Å²) in [6.07, 6.45) is 0. The largest absolute Gasteiger partial charge is 0.465 e. The van der Waals surface area contributed by atoms with Crippen molar-refractivity contribution in [2.75, 3.05) is 40.5 Å². The average Bonchev–Trinajstić information content (AvgIpc) is 3.69. The second-order valence-corrected chi connectivity index (χ2v) is 10.9. The first-order chi connectivity index (χ1) is 22.7. The molecule has 0 saturated carbocycles. The topological polar surface area (TPSA) is 160 Å². The fraction of sp³-hybridized carbons (Fsp3) is 0.235. The number of morpholine rings is 1. The quantitative estimate of drug-likeness (QED) is 0.191. The molecule has 2 aromatic carbocycles. The van der Waals surface area contributed by atoms with E-state index >= 15 is 0 Å². The molecule has 0 N–H and O–H groups in total. The molecule has 1 saturated heterocycles. The first-order valence-corrected chi connectivity index (χ1v) is 15.0. The van der Waals surface area contributed by atoms with Crippen LogP contribution in [0.4, 0.5) is 0 Å². The van der Waals surface area contributed by atoms with Crippen molar-refractivity contribution in [3.63, 3.8) is 0 Å². The van der Waals surface area contributed by atoms with Gasteiger partial charge in [-0.25, -0.2) is 9.59 Å². The molecule has 12 nitrogen and oxygen atoms in total. The van der Waals surface area contributed by atoms with Crippen LogP contribution in [0.25, 0.3) is 0 Å². The molecule has 13 heteroatoms. The number of nitrogens with zero attached hydrogens (tertiary/aromatic N) is 1. The van der Waals surface area contributed by atoms with Gasteiger partial charge in [-0.1, -0.05) is 48.5 Å². The van der Waals surface area contributed by atoms with Crippen molar-refractivity contribution in [1.82, 2.24) is 4.90 Å². The standard InChI is InChI=1S/C19H17NO6.C15H9ClO5/c1-24-19(23)14-13(10-20-6-8-25-9-7-20)26-18-15(14)16(21)11-4-2-3-5-12(11)17(18)22;1-20-15(19)10-9(6-16)21-14-11(10)12(17)7-4-2-3-5-8(7)13(14)18/h2-5H,6-10H2,1H3;2-5H,6H2,1H3. The van der Waals surface area contributed by atoms with Crippen LogP contribution in [0.1, 0.15) is 96.3 Å². The van der Waals surface area contributed by atoms with E-state index in [4.69, 9.17) is 29.9 Å². The van der Waals surface area contributed by atoms with Crippen molar-refractivity contribution in [2.24, 2.45) is 0 Å². The van der Waals surface area contributed by atoms with Crippen LogP contribution in [0, 0.1) is 0 Å². The molecule has 3 aliphatic rings. The second kappa shape index (κ2) is 12.9. The summed E-state index contributed by atoms with van der Waals surface area (Å²) < 4.78 is 25.9. The summed E-state index contributed by atoms with van der Waals surface area (Å²) in [5, 5.41) is 0. The number of carbonyl (C=O) groups excluding carboxylic acids is 6. The molecule has 1 fully saturated rings. The second-order valence-electron chi connectivity index (χ2n) is 10.6. The Labute approximate surface area is 272 Å². The Morgan fingerprint density at radius 2 is 1.09 bits per heavy atom. The molecule has 0 atom stereocenters. The molecule has 0 unspecified atom stereocenters. The van der Waals surface area contributed by atoms with Crippen molar-refractivity contribution in [3.8, 4) is 0 Å². The van der Waals surface area contributed by atoms with Gasteiger partial charge < -0.3 is 23.0 Å². The van der Waals surface area contributed by atoms with Gasteiger partial charge in [-0.15, -0.1) is 11.6 Å². The van der Waals surface area contributed by atoms with Gasteiger partial charge in [-0.2, -0.15) is 0 Å². The number of alkyl halides is 1. The zero-order chi connectivity index (χ0) is 33.4. The summed E-state index contributed by atoms with van der Waals surface area (Å²) >= 11 is 5.74. The minimum absolute atomic E-state index is 0.00353. The Hall–Kier alpha value is -5.17. The van der Waals surface area contributed by atoms with Gasteiger partial charge in [0, 0.05) is 35.3 Å². The summed E-state index contributed by atoms with van der Waals surface area (Å²) in [6.45, 7) is 2.81. The van der Waals surface area contributed by atoms with Crippen LogP contribution < -0.4 is 0 Å². The zero-order valence-corrected chi connectivity index (χ0v) is 25.9. The molecule has 0 spiro atoms. The highest BCUT2D eigenvalue weighted by Crippen LogP contribution is 2.36. The summed E-state index contributed by atoms with van der Waals surface area (Å²) in [7, 11) is 2.42. The Bertz CT molecular complexity index is 1980. The smallest absolute Gasteiger partial charge is 0.342 e. The number of hydrogen-bond acceptors (Lipinski definition) is 12. The highest BCUT2D eigenvalue weighted by atomic mass is 35.5. The maximum Gasteiger partial charge on any atom is 0.342 e. The van der Waals surface area contributed by atoms with Gasteiger partial charge in [0.15, 0.2) is 23.1 Å². The Morgan fingerprint density at radius 3 is 1.51 bits per heavy atom. The molecule has 1 aliphatic heterocycles. The van der Waals surface area contributed by atoms with E-state index in [9.17, 15) is 28.8 Å². The molecule has 240 valence electrons. The van der Waals surface area contributed by atoms with Gasteiger partial charge in [-0.3, -0.25) is 24.1 Å². The SMILES string of the molecule is COC(=O)c1c(CCl)oc2c1C(=O)c1ccccc1C2=O.COC(=O)c1c(CN2CCOCC2)oc2c1C(=O)c1ccccc1C2=O. The predicted molar refractivity (Wildman–Crippen MR) is 162 cm³/mol. The number of furan rings is 2. The lowest BCUT2D eigenvalue weighted by Crippen LogP contribution is -2.36. The van der Waals surface area contributed by atoms with Crippen LogP contribution in [0.15, 0.2) is 57.4 Å². The molecule has 0 radical (unpaired) electrons. The minimum Gasteiger partial charge on any atom is -0.465 e. The van der Waals surface area contributed by atoms with E-state index in [-0.39, 0.29) is 73.4 Å². The number of methoxy groups -OCH3 is 2. The number of benzene rings is 2. The van der Waals surface area contributed by atoms with Crippen molar-refractivity contribution >= 4 is 46.7 Å². The number of ether oxygens (including phenoxy) is 3. The van der Waals surface area contributed by atoms with Gasteiger partial charge in [0.05, 0.1) is 51.0 Å². The number of carbonyl (C=O) groups is 6. The van der Waals surface area contributed by atoms with Crippen LogP contribution in [0.3, 0.4) is 0 Å². The number of fused-ring (bicyclic) bond motifs is 4. The lowest BCUT2D eigenvalue weighted by atomic mass is 9.86. The van der Waals surface area contributed by atoms with Gasteiger partial charge in [0.2, 0.25) is 11.6 Å². The van der Waals surface area contributed by atoms with Crippen LogP contribution >= 0.6 is 11.6 Å².